The molecule has 7 heavy (non-hydrogen) atoms. The van der Waals surface area contributed by atoms with Crippen LogP contribution in [0.15, 0.2) is 0 Å². The van der Waals surface area contributed by atoms with E-state index >= 15 is 0 Å². The van der Waals surface area contributed by atoms with Crippen molar-refractivity contribution in [1.29, 1.82) is 0 Å². The van der Waals surface area contributed by atoms with E-state index in [4.69, 9.17) is 15.0 Å². The van der Waals surface area contributed by atoms with Crippen molar-refractivity contribution in [3.63, 3.8) is 0 Å². The van der Waals surface area contributed by atoms with E-state index in [-0.39, 0.29) is 55.1 Å². The van der Waals surface area contributed by atoms with Gasteiger partial charge in [-0.05, 0) is 0 Å². The molecule has 3 N–H and O–H groups in total. The first-order valence-electron chi connectivity index (χ1n) is 0.765. The van der Waals surface area contributed by atoms with E-state index in [0.29, 0.717) is 0 Å². The van der Waals surface area contributed by atoms with E-state index < -0.39 is 8.60 Å². The summed E-state index contributed by atoms with van der Waals surface area (Å²) in [6, 6.07) is 0. The zero-order chi connectivity index (χ0) is 4.28. The number of hydrogen-bond donors (Lipinski definition) is 3. The molecule has 0 rings (SSSR count). The molecule has 0 aliphatic carbocycles. The van der Waals surface area contributed by atoms with Crippen molar-refractivity contribution in [2.45, 2.75) is 0 Å². The van der Waals surface area contributed by atoms with E-state index in [1.54, 1.807) is 0 Å². The van der Waals surface area contributed by atoms with Gasteiger partial charge in [-0.3, -0.25) is 0 Å². The molecule has 0 saturated carbocycles. The third-order valence-electron chi connectivity index (χ3n) is 0.0730. The molecular weight excluding hydrogens is 162 g/mol. The molecule has 0 saturated heterocycles. The molecule has 0 fully saturated rings. The molecule has 42 valence electrons. The molecule has 0 amide bonds. The van der Waals surface area contributed by atoms with Crippen LogP contribution in [0, 0.1) is 0 Å². The Bertz CT molecular complexity index is 25.7. The van der Waals surface area contributed by atoms with Crippen LogP contribution in [0.3, 0.4) is 0 Å². The van der Waals surface area contributed by atoms with Gasteiger partial charge in [0, 0.05) is 0 Å². The van der Waals surface area contributed by atoms with Gasteiger partial charge in [-0.1, -0.05) is 0 Å². The topological polar surface area (TPSA) is 69.9 Å². The Labute approximate surface area is 82.5 Å². The third kappa shape index (κ3) is 18.0. The van der Waals surface area contributed by atoms with Gasteiger partial charge in [-0.2, -0.15) is 4.67 Å². The zero-order valence-corrected chi connectivity index (χ0v) is 3.09. The Kier molecular flexibility index (Phi) is 25.1. The third-order valence-corrected chi connectivity index (χ3v) is 0.219. The summed E-state index contributed by atoms with van der Waals surface area (Å²) in [5.41, 5.74) is 0. The molecule has 0 atom stereocenters. The van der Waals surface area contributed by atoms with Crippen LogP contribution in [0.2, 0.25) is 0 Å². The average Bonchev–Trinajstić information content (AvgIpc) is 1.38. The van der Waals surface area contributed by atoms with Gasteiger partial charge in [0.25, 0.3) is 0 Å². The standard InChI is InChI=1S/Al.Ca.H3O4P.5H/c;;1-4-5(2)3;;;;;/h;;1-3H;;;;;. The predicted molar refractivity (Wildman–Crippen MR) is 33.6 cm³/mol. The van der Waals surface area contributed by atoms with Crippen LogP contribution >= 0.6 is 8.60 Å². The van der Waals surface area contributed by atoms with Crippen LogP contribution in [-0.2, 0) is 4.67 Å². The number of rotatable bonds is 1. The summed E-state index contributed by atoms with van der Waals surface area (Å²) in [6.07, 6.45) is 0. The maximum atomic E-state index is 7.51. The first kappa shape index (κ1) is 16.0. The Hall–Kier alpha value is 2.06. The fourth-order valence-electron chi connectivity index (χ4n) is 0. The average molecular weight is 170 g/mol. The normalized spacial score (nSPS) is 6.86. The molecule has 0 bridgehead atoms. The van der Waals surface area contributed by atoms with Gasteiger partial charge >= 0.3 is 46.3 Å². The molecule has 0 aromatic carbocycles. The summed E-state index contributed by atoms with van der Waals surface area (Å²) in [5, 5.41) is 7.17. The predicted octanol–water partition coefficient (Wildman–Crippen LogP) is -2.41. The van der Waals surface area contributed by atoms with Gasteiger partial charge in [0.15, 0.2) is 17.4 Å². The van der Waals surface area contributed by atoms with Crippen molar-refractivity contribution >= 4 is 63.7 Å². The van der Waals surface area contributed by atoms with Gasteiger partial charge in [-0.25, -0.2) is 5.26 Å². The summed E-state index contributed by atoms with van der Waals surface area (Å²) in [4.78, 5) is 15.0. The van der Waals surface area contributed by atoms with Gasteiger partial charge < -0.3 is 9.79 Å². The van der Waals surface area contributed by atoms with Crippen LogP contribution in [0.5, 0.6) is 0 Å². The van der Waals surface area contributed by atoms with Crippen molar-refractivity contribution in [2.75, 3.05) is 0 Å². The SMILES string of the molecule is OOP(O)O.[AlH3].[CaH2]. The molecule has 0 aromatic rings. The first-order chi connectivity index (χ1) is 2.27. The van der Waals surface area contributed by atoms with E-state index in [9.17, 15) is 0 Å². The monoisotopic (exact) mass is 170 g/mol. The molecule has 0 unspecified atom stereocenters. The second kappa shape index (κ2) is 10.9. The summed E-state index contributed by atoms with van der Waals surface area (Å²) >= 11 is 0. The Morgan fingerprint density at radius 1 is 1.29 bits per heavy atom. The molecule has 0 heterocycles. The fourth-order valence-corrected chi connectivity index (χ4v) is 0. The van der Waals surface area contributed by atoms with Crippen molar-refractivity contribution in [1.82, 2.24) is 0 Å². The van der Waals surface area contributed by atoms with Gasteiger partial charge in [0.05, 0.1) is 0 Å². The summed E-state index contributed by atoms with van der Waals surface area (Å²) in [5.74, 6) is 0. The Balaban J connectivity index is -0.0000000800. The van der Waals surface area contributed by atoms with Gasteiger partial charge in [0.1, 0.15) is 0 Å². The van der Waals surface area contributed by atoms with E-state index in [1.165, 1.54) is 0 Å². The molecule has 4 nitrogen and oxygen atoms in total. The molecule has 0 spiro atoms. The summed E-state index contributed by atoms with van der Waals surface area (Å²) < 4.78 is 2.93. The molecule has 0 aromatic heterocycles. The number of hydrogen-bond acceptors (Lipinski definition) is 4. The zero-order valence-electron chi connectivity index (χ0n) is 2.20. The van der Waals surface area contributed by atoms with E-state index in [2.05, 4.69) is 4.67 Å². The Morgan fingerprint density at radius 3 is 1.43 bits per heavy atom. The van der Waals surface area contributed by atoms with Crippen LogP contribution in [-0.4, -0.2) is 70.1 Å². The minimum atomic E-state index is -2.54. The second-order valence-electron chi connectivity index (χ2n) is 0.334. The second-order valence-corrected chi connectivity index (χ2v) is 1.00. The summed E-state index contributed by atoms with van der Waals surface area (Å²) in [7, 11) is -2.54. The van der Waals surface area contributed by atoms with Crippen LogP contribution in [0.4, 0.5) is 0 Å². The van der Waals surface area contributed by atoms with Crippen molar-refractivity contribution < 1.29 is 19.7 Å². The molecular formula is H8AlCaO4P. The van der Waals surface area contributed by atoms with Crippen molar-refractivity contribution in [2.24, 2.45) is 0 Å². The van der Waals surface area contributed by atoms with Gasteiger partial charge in [-0.15, -0.1) is 0 Å². The minimum absolute atomic E-state index is 0. The van der Waals surface area contributed by atoms with Crippen LogP contribution in [0.1, 0.15) is 0 Å². The maximum absolute atomic E-state index is 7.51. The van der Waals surface area contributed by atoms with Crippen molar-refractivity contribution in [3.05, 3.63) is 0 Å². The molecule has 0 aliphatic heterocycles. The first-order valence-corrected chi connectivity index (χ1v) is 1.93. The van der Waals surface area contributed by atoms with Crippen LogP contribution < -0.4 is 0 Å². The van der Waals surface area contributed by atoms with Gasteiger partial charge in [0.2, 0.25) is 0 Å². The Morgan fingerprint density at radius 2 is 1.43 bits per heavy atom. The fraction of sp³-hybridized carbons (Fsp3) is 0. The van der Waals surface area contributed by atoms with E-state index in [1.807, 2.05) is 0 Å². The summed E-state index contributed by atoms with van der Waals surface area (Å²) in [6.45, 7) is 0. The molecule has 7 heteroatoms. The van der Waals surface area contributed by atoms with E-state index in [0.717, 1.165) is 0 Å². The van der Waals surface area contributed by atoms with Crippen molar-refractivity contribution in [3.8, 4) is 0 Å². The molecule has 0 aliphatic rings. The quantitative estimate of drug-likeness (QED) is 0.177. The molecule has 0 radical (unpaired) electrons. The van der Waals surface area contributed by atoms with Crippen LogP contribution in [0.25, 0.3) is 0 Å².